The Hall–Kier alpha value is -2.98. The molecule has 0 aliphatic carbocycles. The number of piperazine rings is 1. The maximum atomic E-state index is 11.3. The second-order valence-electron chi connectivity index (χ2n) is 10.1. The minimum absolute atomic E-state index is 0.0236. The molecule has 0 bridgehead atoms. The SMILES string of the molecule is C=N/C(=C\N=C(C)Oc1cc(CN2CCC(CNC(C)=O)CC2)cc(-c2cc(Cl)cc(Cl)c2)n1)N1CCNCC1. The summed E-state index contributed by atoms with van der Waals surface area (Å²) in [6.45, 7) is 13.9. The number of carbonyl (C=O) groups excluding carboxylic acids is 1. The van der Waals surface area contributed by atoms with E-state index in [1.807, 2.05) is 18.2 Å². The minimum Gasteiger partial charge on any atom is -0.425 e. The molecule has 0 radical (unpaired) electrons. The van der Waals surface area contributed by atoms with Crippen LogP contribution in [-0.4, -0.2) is 79.1 Å². The molecule has 9 nitrogen and oxygen atoms in total. The fourth-order valence-corrected chi connectivity index (χ4v) is 5.42. The van der Waals surface area contributed by atoms with Crippen LogP contribution in [0.15, 0.2) is 52.3 Å². The van der Waals surface area contributed by atoms with Gasteiger partial charge in [-0.05, 0) is 68.4 Å². The number of aromatic nitrogens is 1. The van der Waals surface area contributed by atoms with Crippen LogP contribution in [0.3, 0.4) is 0 Å². The number of carbonyl (C=O) groups is 1. The maximum Gasteiger partial charge on any atom is 0.221 e. The fraction of sp³-hybridized carbons (Fsp3) is 0.448. The van der Waals surface area contributed by atoms with Crippen LogP contribution in [0.25, 0.3) is 11.3 Å². The van der Waals surface area contributed by atoms with Crippen LogP contribution in [0.4, 0.5) is 0 Å². The van der Waals surface area contributed by atoms with Crippen LogP contribution in [-0.2, 0) is 11.3 Å². The summed E-state index contributed by atoms with van der Waals surface area (Å²) in [7, 11) is 0. The monoisotopic (exact) mass is 585 g/mol. The van der Waals surface area contributed by atoms with Gasteiger partial charge in [-0.1, -0.05) is 23.2 Å². The van der Waals surface area contributed by atoms with Gasteiger partial charge in [0.15, 0.2) is 5.90 Å². The maximum absolute atomic E-state index is 11.3. The molecule has 3 heterocycles. The zero-order valence-electron chi connectivity index (χ0n) is 23.1. The number of hydrogen-bond donors (Lipinski definition) is 2. The average molecular weight is 587 g/mol. The Balaban J connectivity index is 1.52. The predicted molar refractivity (Wildman–Crippen MR) is 162 cm³/mol. The van der Waals surface area contributed by atoms with Crippen molar-refractivity contribution >= 4 is 41.7 Å². The number of pyridine rings is 1. The molecule has 2 aliphatic heterocycles. The third-order valence-electron chi connectivity index (χ3n) is 6.99. The molecule has 2 N–H and O–H groups in total. The van der Waals surface area contributed by atoms with Gasteiger partial charge in [-0.15, -0.1) is 0 Å². The second kappa shape index (κ2) is 14.6. The Morgan fingerprint density at radius 1 is 1.12 bits per heavy atom. The summed E-state index contributed by atoms with van der Waals surface area (Å²) >= 11 is 12.6. The van der Waals surface area contributed by atoms with Crippen molar-refractivity contribution in [1.82, 2.24) is 25.4 Å². The summed E-state index contributed by atoms with van der Waals surface area (Å²) in [5.41, 5.74) is 2.59. The van der Waals surface area contributed by atoms with Crippen LogP contribution in [0.5, 0.6) is 5.88 Å². The van der Waals surface area contributed by atoms with Crippen molar-refractivity contribution < 1.29 is 9.53 Å². The number of benzene rings is 1. The first kappa shape index (κ1) is 30.0. The van der Waals surface area contributed by atoms with Gasteiger partial charge in [0, 0.05) is 74.8 Å². The Morgan fingerprint density at radius 3 is 2.48 bits per heavy atom. The van der Waals surface area contributed by atoms with E-state index in [-0.39, 0.29) is 5.91 Å². The summed E-state index contributed by atoms with van der Waals surface area (Å²) in [6.07, 6.45) is 3.76. The highest BCUT2D eigenvalue weighted by atomic mass is 35.5. The molecule has 2 fully saturated rings. The third kappa shape index (κ3) is 9.02. The normalized spacial score (nSPS) is 17.6. The van der Waals surface area contributed by atoms with E-state index in [4.69, 9.17) is 32.9 Å². The van der Waals surface area contributed by atoms with E-state index >= 15 is 0 Å². The third-order valence-corrected chi connectivity index (χ3v) is 7.43. The molecule has 2 aromatic rings. The van der Waals surface area contributed by atoms with Crippen molar-refractivity contribution in [3.05, 3.63) is 58.0 Å². The van der Waals surface area contributed by atoms with Gasteiger partial charge in [0.25, 0.3) is 0 Å². The Bertz CT molecular complexity index is 1230. The lowest BCUT2D eigenvalue weighted by Crippen LogP contribution is -2.42. The van der Waals surface area contributed by atoms with E-state index in [9.17, 15) is 4.79 Å². The van der Waals surface area contributed by atoms with E-state index in [0.717, 1.165) is 82.0 Å². The number of aliphatic imine (C=N–C) groups is 2. The molecule has 2 saturated heterocycles. The Morgan fingerprint density at radius 2 is 1.82 bits per heavy atom. The van der Waals surface area contributed by atoms with Gasteiger partial charge in [-0.2, -0.15) is 0 Å². The van der Waals surface area contributed by atoms with Crippen LogP contribution >= 0.6 is 23.2 Å². The molecule has 0 saturated carbocycles. The highest BCUT2D eigenvalue weighted by Crippen LogP contribution is 2.29. The van der Waals surface area contributed by atoms with Crippen LogP contribution in [0, 0.1) is 5.92 Å². The van der Waals surface area contributed by atoms with Gasteiger partial charge in [-0.3, -0.25) is 9.69 Å². The summed E-state index contributed by atoms with van der Waals surface area (Å²) in [5, 5.41) is 7.35. The topological polar surface area (TPSA) is 94.5 Å². The molecule has 4 rings (SSSR count). The first-order valence-electron chi connectivity index (χ1n) is 13.6. The molecule has 1 aromatic heterocycles. The smallest absolute Gasteiger partial charge is 0.221 e. The van der Waals surface area contributed by atoms with E-state index in [1.165, 1.54) is 0 Å². The number of likely N-dealkylation sites (tertiary alicyclic amines) is 1. The number of nitrogens with one attached hydrogen (secondary N) is 2. The van der Waals surface area contributed by atoms with Crippen molar-refractivity contribution in [3.8, 4) is 17.1 Å². The standard InChI is InChI=1S/C29H37Cl2N7O2/c1-20(39)34-17-22-4-8-37(9-5-22)19-23-12-27(24-14-25(30)16-26(31)15-24)36-29(13-23)40-21(2)35-18-28(32-3)38-10-6-33-7-11-38/h12-16,18,22,33H,3-11,17,19H2,1-2H3,(H,34,39)/b28-18+,35-21?. The number of rotatable bonds is 9. The molecule has 40 heavy (non-hydrogen) atoms. The summed E-state index contributed by atoms with van der Waals surface area (Å²) in [4.78, 5) is 29.2. The van der Waals surface area contributed by atoms with Crippen molar-refractivity contribution in [1.29, 1.82) is 0 Å². The molecular formula is C29H37Cl2N7O2. The lowest BCUT2D eigenvalue weighted by atomic mass is 9.96. The molecule has 214 valence electrons. The number of ether oxygens (including phenoxy) is 1. The largest absolute Gasteiger partial charge is 0.425 e. The zero-order valence-corrected chi connectivity index (χ0v) is 24.6. The van der Waals surface area contributed by atoms with Crippen LogP contribution < -0.4 is 15.4 Å². The molecule has 0 atom stereocenters. The van der Waals surface area contributed by atoms with Crippen molar-refractivity contribution in [2.75, 3.05) is 45.8 Å². The fourth-order valence-electron chi connectivity index (χ4n) is 4.89. The summed E-state index contributed by atoms with van der Waals surface area (Å²) in [6, 6.07) is 9.39. The predicted octanol–water partition coefficient (Wildman–Crippen LogP) is 4.61. The van der Waals surface area contributed by atoms with Gasteiger partial charge in [-0.25, -0.2) is 15.0 Å². The van der Waals surface area contributed by atoms with E-state index in [2.05, 4.69) is 43.2 Å². The molecule has 0 spiro atoms. The number of halogens is 2. The lowest BCUT2D eigenvalue weighted by molar-refractivity contribution is -0.119. The first-order valence-corrected chi connectivity index (χ1v) is 14.3. The summed E-state index contributed by atoms with van der Waals surface area (Å²) in [5.74, 6) is 2.12. The van der Waals surface area contributed by atoms with Gasteiger partial charge in [0.05, 0.1) is 11.9 Å². The van der Waals surface area contributed by atoms with E-state index in [0.29, 0.717) is 33.6 Å². The quantitative estimate of drug-likeness (QED) is 0.330. The number of hydrogen-bond acceptors (Lipinski definition) is 8. The number of piperidine rings is 1. The molecule has 1 amide bonds. The van der Waals surface area contributed by atoms with Gasteiger partial charge < -0.3 is 20.3 Å². The highest BCUT2D eigenvalue weighted by Gasteiger charge is 2.20. The van der Waals surface area contributed by atoms with E-state index < -0.39 is 0 Å². The first-order chi connectivity index (χ1) is 19.3. The number of nitrogens with zero attached hydrogens (tertiary/aromatic N) is 5. The average Bonchev–Trinajstić information content (AvgIpc) is 2.93. The van der Waals surface area contributed by atoms with Crippen molar-refractivity contribution in [2.45, 2.75) is 33.2 Å². The van der Waals surface area contributed by atoms with E-state index in [1.54, 1.807) is 26.1 Å². The van der Waals surface area contributed by atoms with Crippen molar-refractivity contribution in [2.24, 2.45) is 15.9 Å². The Labute approximate surface area is 246 Å². The molecule has 11 heteroatoms. The molecule has 0 unspecified atom stereocenters. The minimum atomic E-state index is 0.0236. The van der Waals surface area contributed by atoms with Gasteiger partial charge >= 0.3 is 0 Å². The van der Waals surface area contributed by atoms with Crippen LogP contribution in [0.1, 0.15) is 32.3 Å². The molecular weight excluding hydrogens is 549 g/mol. The van der Waals surface area contributed by atoms with Gasteiger partial charge in [0.1, 0.15) is 5.82 Å². The molecule has 1 aromatic carbocycles. The number of amides is 1. The Kier molecular flexibility index (Phi) is 10.9. The van der Waals surface area contributed by atoms with Crippen molar-refractivity contribution in [3.63, 3.8) is 0 Å². The van der Waals surface area contributed by atoms with Gasteiger partial charge in [0.2, 0.25) is 11.8 Å². The highest BCUT2D eigenvalue weighted by molar-refractivity contribution is 6.35. The lowest BCUT2D eigenvalue weighted by Gasteiger charge is -2.32. The molecule has 2 aliphatic rings. The van der Waals surface area contributed by atoms with Crippen LogP contribution in [0.2, 0.25) is 10.0 Å². The second-order valence-corrected chi connectivity index (χ2v) is 11.0. The summed E-state index contributed by atoms with van der Waals surface area (Å²) < 4.78 is 6.10. The zero-order chi connectivity index (χ0) is 28.5.